The van der Waals surface area contributed by atoms with E-state index in [0.717, 1.165) is 35.5 Å². The Hall–Kier alpha value is -4.70. The highest BCUT2D eigenvalue weighted by Crippen LogP contribution is 2.33. The van der Waals surface area contributed by atoms with E-state index in [2.05, 4.69) is 26.7 Å². The fraction of sp³-hybridized carbons (Fsp3) is 0.143. The van der Waals surface area contributed by atoms with Gasteiger partial charge in [-0.05, 0) is 86.0 Å². The molecule has 7 heteroatoms. The lowest BCUT2D eigenvalue weighted by Crippen LogP contribution is -2.15. The Balaban J connectivity index is 1.22. The molecule has 35 heavy (non-hydrogen) atoms. The molecule has 0 saturated heterocycles. The number of ether oxygens (including phenoxy) is 1. The average Bonchev–Trinajstić information content (AvgIpc) is 2.91. The van der Waals surface area contributed by atoms with Crippen molar-refractivity contribution in [1.82, 2.24) is 9.97 Å². The van der Waals surface area contributed by atoms with Gasteiger partial charge in [0.1, 0.15) is 11.5 Å². The molecule has 1 aliphatic carbocycles. The number of nitriles is 1. The van der Waals surface area contributed by atoms with Crippen molar-refractivity contribution in [1.29, 1.82) is 5.26 Å². The standard InChI is InChI=1S/C28H23N5O2/c29-18-19-1-10-26-25(17-19)27(13-16-31-26)35-24-8-2-20(3-9-24)28(34)33-22-6-4-21(5-7-22)32-23-11-14-30-15-12-23/h2-9,11-16,19H,1,10,17H2,(H,30,32)(H,33,34). The van der Waals surface area contributed by atoms with Crippen LogP contribution in [0, 0.1) is 17.2 Å². The van der Waals surface area contributed by atoms with Crippen LogP contribution in [0.15, 0.2) is 85.3 Å². The SMILES string of the molecule is N#CC1CCc2nccc(Oc3ccc(C(=O)Nc4ccc(Nc5ccncc5)cc4)cc3)c2C1. The lowest BCUT2D eigenvalue weighted by Gasteiger charge is -2.21. The Kier molecular flexibility index (Phi) is 6.35. The number of anilines is 3. The van der Waals surface area contributed by atoms with Crippen LogP contribution in [0.3, 0.4) is 0 Å². The Morgan fingerprint density at radius 2 is 1.63 bits per heavy atom. The molecular formula is C28H23N5O2. The van der Waals surface area contributed by atoms with E-state index in [1.165, 1.54) is 0 Å². The van der Waals surface area contributed by atoms with Crippen LogP contribution >= 0.6 is 0 Å². The lowest BCUT2D eigenvalue weighted by atomic mass is 9.87. The third-order valence-electron chi connectivity index (χ3n) is 5.92. The van der Waals surface area contributed by atoms with Crippen molar-refractivity contribution in [2.45, 2.75) is 19.3 Å². The van der Waals surface area contributed by atoms with Crippen LogP contribution in [-0.2, 0) is 12.8 Å². The van der Waals surface area contributed by atoms with Gasteiger partial charge >= 0.3 is 0 Å². The van der Waals surface area contributed by atoms with Crippen LogP contribution in [-0.4, -0.2) is 15.9 Å². The molecule has 0 saturated carbocycles. The first-order chi connectivity index (χ1) is 17.2. The zero-order chi connectivity index (χ0) is 24.0. The zero-order valence-corrected chi connectivity index (χ0v) is 18.9. The zero-order valence-electron chi connectivity index (χ0n) is 18.9. The highest BCUT2D eigenvalue weighted by molar-refractivity contribution is 6.04. The molecule has 1 amide bonds. The van der Waals surface area contributed by atoms with Gasteiger partial charge in [-0.15, -0.1) is 0 Å². The number of rotatable bonds is 6. The summed E-state index contributed by atoms with van der Waals surface area (Å²) in [6.45, 7) is 0. The van der Waals surface area contributed by atoms with Crippen LogP contribution in [0.2, 0.25) is 0 Å². The highest BCUT2D eigenvalue weighted by atomic mass is 16.5. The molecule has 0 aliphatic heterocycles. The molecule has 2 aromatic carbocycles. The molecule has 2 aromatic heterocycles. The summed E-state index contributed by atoms with van der Waals surface area (Å²) >= 11 is 0. The van der Waals surface area contributed by atoms with Gasteiger partial charge in [-0.25, -0.2) is 0 Å². The van der Waals surface area contributed by atoms with E-state index in [9.17, 15) is 10.1 Å². The number of nitrogens with zero attached hydrogens (tertiary/aromatic N) is 3. The van der Waals surface area contributed by atoms with E-state index < -0.39 is 0 Å². The van der Waals surface area contributed by atoms with Gasteiger partial charge in [0.05, 0.1) is 12.0 Å². The van der Waals surface area contributed by atoms with Crippen molar-refractivity contribution in [3.8, 4) is 17.6 Å². The van der Waals surface area contributed by atoms with Gasteiger partial charge in [0.25, 0.3) is 5.91 Å². The van der Waals surface area contributed by atoms with Crippen molar-refractivity contribution in [2.75, 3.05) is 10.6 Å². The van der Waals surface area contributed by atoms with Crippen molar-refractivity contribution in [2.24, 2.45) is 5.92 Å². The number of carbonyl (C=O) groups excluding carboxylic acids is 1. The van der Waals surface area contributed by atoms with Gasteiger partial charge in [-0.1, -0.05) is 0 Å². The number of aromatic nitrogens is 2. The fourth-order valence-electron chi connectivity index (χ4n) is 4.06. The number of fused-ring (bicyclic) bond motifs is 1. The van der Waals surface area contributed by atoms with Gasteiger partial charge < -0.3 is 15.4 Å². The summed E-state index contributed by atoms with van der Waals surface area (Å²) in [6, 6.07) is 22.5. The number of aryl methyl sites for hydroxylation is 1. The second kappa shape index (κ2) is 10.1. The molecule has 0 spiro atoms. The largest absolute Gasteiger partial charge is 0.457 e. The van der Waals surface area contributed by atoms with Crippen molar-refractivity contribution in [3.63, 3.8) is 0 Å². The summed E-state index contributed by atoms with van der Waals surface area (Å²) in [5.41, 5.74) is 5.07. The first-order valence-electron chi connectivity index (χ1n) is 11.4. The molecule has 0 bridgehead atoms. The minimum atomic E-state index is -0.204. The number of carbonyl (C=O) groups is 1. The monoisotopic (exact) mass is 461 g/mol. The maximum Gasteiger partial charge on any atom is 0.255 e. The topological polar surface area (TPSA) is 99.9 Å². The molecule has 0 radical (unpaired) electrons. The molecule has 0 fully saturated rings. The van der Waals surface area contributed by atoms with Crippen molar-refractivity contribution >= 4 is 23.0 Å². The summed E-state index contributed by atoms with van der Waals surface area (Å²) in [6.07, 6.45) is 7.44. The number of benzene rings is 2. The maximum atomic E-state index is 12.7. The van der Waals surface area contributed by atoms with Crippen molar-refractivity contribution < 1.29 is 9.53 Å². The van der Waals surface area contributed by atoms with Crippen molar-refractivity contribution in [3.05, 3.63) is 102 Å². The van der Waals surface area contributed by atoms with Crippen LogP contribution in [0.4, 0.5) is 17.1 Å². The Bertz CT molecular complexity index is 1360. The Morgan fingerprint density at radius 1 is 0.914 bits per heavy atom. The summed E-state index contributed by atoms with van der Waals surface area (Å²) in [7, 11) is 0. The number of hydrogen-bond acceptors (Lipinski definition) is 6. The van der Waals surface area contributed by atoms with E-state index in [0.29, 0.717) is 29.2 Å². The Morgan fingerprint density at radius 3 is 2.37 bits per heavy atom. The molecule has 1 unspecified atom stereocenters. The van der Waals surface area contributed by atoms with Crippen LogP contribution in [0.25, 0.3) is 0 Å². The molecule has 2 heterocycles. The first-order valence-corrected chi connectivity index (χ1v) is 11.4. The first kappa shape index (κ1) is 22.1. The van der Waals surface area contributed by atoms with Crippen LogP contribution in [0.5, 0.6) is 11.5 Å². The predicted molar refractivity (Wildman–Crippen MR) is 134 cm³/mol. The predicted octanol–water partition coefficient (Wildman–Crippen LogP) is 5.89. The number of hydrogen-bond donors (Lipinski definition) is 2. The second-order valence-corrected chi connectivity index (χ2v) is 8.32. The quantitative estimate of drug-likeness (QED) is 0.371. The fourth-order valence-corrected chi connectivity index (χ4v) is 4.06. The third kappa shape index (κ3) is 5.28. The summed E-state index contributed by atoms with van der Waals surface area (Å²) in [4.78, 5) is 21.2. The van der Waals surface area contributed by atoms with Gasteiger partial charge in [-0.2, -0.15) is 5.26 Å². The number of pyridine rings is 2. The van der Waals surface area contributed by atoms with Gasteiger partial charge in [-0.3, -0.25) is 14.8 Å². The van der Waals surface area contributed by atoms with Gasteiger partial charge in [0.2, 0.25) is 0 Å². The number of amides is 1. The summed E-state index contributed by atoms with van der Waals surface area (Å²) < 4.78 is 6.09. The molecule has 1 atom stereocenters. The molecule has 4 aromatic rings. The molecule has 7 nitrogen and oxygen atoms in total. The van der Waals surface area contributed by atoms with Crippen LogP contribution < -0.4 is 15.4 Å². The van der Waals surface area contributed by atoms with E-state index in [-0.39, 0.29) is 11.8 Å². The summed E-state index contributed by atoms with van der Waals surface area (Å²) in [5, 5.41) is 15.5. The molecule has 172 valence electrons. The summed E-state index contributed by atoms with van der Waals surface area (Å²) in [5.74, 6) is 1.12. The van der Waals surface area contributed by atoms with E-state index in [1.54, 1.807) is 42.9 Å². The smallest absolute Gasteiger partial charge is 0.255 e. The average molecular weight is 462 g/mol. The number of nitrogens with one attached hydrogen (secondary N) is 2. The lowest BCUT2D eigenvalue weighted by molar-refractivity contribution is 0.102. The van der Waals surface area contributed by atoms with Gasteiger partial charge in [0, 0.05) is 52.5 Å². The van der Waals surface area contributed by atoms with E-state index in [1.807, 2.05) is 42.5 Å². The van der Waals surface area contributed by atoms with Crippen LogP contribution in [0.1, 0.15) is 28.0 Å². The molecular weight excluding hydrogens is 438 g/mol. The normalized spacial score (nSPS) is 14.3. The van der Waals surface area contributed by atoms with Gasteiger partial charge in [0.15, 0.2) is 0 Å². The molecule has 5 rings (SSSR count). The molecule has 1 aliphatic rings. The van der Waals surface area contributed by atoms with E-state index in [4.69, 9.17) is 4.74 Å². The molecule has 2 N–H and O–H groups in total. The maximum absolute atomic E-state index is 12.7. The third-order valence-corrected chi connectivity index (χ3v) is 5.92. The minimum absolute atomic E-state index is 0.0133. The second-order valence-electron chi connectivity index (χ2n) is 8.32. The van der Waals surface area contributed by atoms with E-state index >= 15 is 0 Å². The Labute approximate surface area is 203 Å². The minimum Gasteiger partial charge on any atom is -0.457 e. The highest BCUT2D eigenvalue weighted by Gasteiger charge is 2.22.